The van der Waals surface area contributed by atoms with E-state index < -0.39 is 11.9 Å². The molecule has 0 bridgehead atoms. The smallest absolute Gasteiger partial charge is 0.262 e. The minimum atomic E-state index is -0.944. The van der Waals surface area contributed by atoms with Crippen molar-refractivity contribution in [1.29, 1.82) is 0 Å². The number of nitrogens with zero attached hydrogens (tertiary/aromatic N) is 2. The van der Waals surface area contributed by atoms with Gasteiger partial charge in [-0.3, -0.25) is 9.36 Å². The average Bonchev–Trinajstić information content (AvgIpc) is 3.03. The Kier molecular flexibility index (Phi) is 4.74. The Hall–Kier alpha value is -2.25. The number of rotatable bonds is 5. The summed E-state index contributed by atoms with van der Waals surface area (Å²) in [5, 5.41) is 10.9. The first kappa shape index (κ1) is 17.2. The van der Waals surface area contributed by atoms with Crippen LogP contribution in [0.15, 0.2) is 35.4 Å². The molecule has 1 aliphatic carbocycles. The van der Waals surface area contributed by atoms with Crippen LogP contribution in [0.1, 0.15) is 23.3 Å². The van der Waals surface area contributed by atoms with Crippen molar-refractivity contribution in [3.05, 3.63) is 57.2 Å². The lowest BCUT2D eigenvalue weighted by atomic mass is 9.97. The third kappa shape index (κ3) is 3.24. The van der Waals surface area contributed by atoms with Gasteiger partial charge in [0.05, 0.1) is 18.3 Å². The van der Waals surface area contributed by atoms with Gasteiger partial charge < -0.3 is 9.84 Å². The summed E-state index contributed by atoms with van der Waals surface area (Å²) in [7, 11) is 0. The second-order valence-corrected chi connectivity index (χ2v) is 7.57. The molecule has 3 aromatic rings. The molecule has 0 saturated heterocycles. The molecule has 26 heavy (non-hydrogen) atoms. The van der Waals surface area contributed by atoms with Crippen molar-refractivity contribution in [1.82, 2.24) is 9.55 Å². The first-order chi connectivity index (χ1) is 12.6. The fraction of sp³-hybridized carbons (Fsp3) is 0.368. The van der Waals surface area contributed by atoms with Gasteiger partial charge in [-0.1, -0.05) is 12.1 Å². The molecule has 2 aromatic heterocycles. The number of benzene rings is 1. The van der Waals surface area contributed by atoms with Gasteiger partial charge in [0.2, 0.25) is 0 Å². The standard InChI is InChI=1S/C19H19FN2O3S/c20-14-6-2-3-7-15(14)25-10-12(23)9-22-11-21-18-17(19(22)24)13-5-1-4-8-16(13)26-18/h2-3,6-7,11-12,23H,1,4-5,8-10H2. The Bertz CT molecular complexity index is 998. The van der Waals surface area contributed by atoms with Gasteiger partial charge in [0.25, 0.3) is 5.56 Å². The van der Waals surface area contributed by atoms with Crippen LogP contribution in [-0.4, -0.2) is 27.4 Å². The van der Waals surface area contributed by atoms with E-state index in [1.54, 1.807) is 23.5 Å². The van der Waals surface area contributed by atoms with Crippen molar-refractivity contribution in [2.24, 2.45) is 0 Å². The zero-order chi connectivity index (χ0) is 18.1. The van der Waals surface area contributed by atoms with Crippen LogP contribution in [-0.2, 0) is 19.4 Å². The second kappa shape index (κ2) is 7.17. The van der Waals surface area contributed by atoms with Crippen molar-refractivity contribution < 1.29 is 14.2 Å². The summed E-state index contributed by atoms with van der Waals surface area (Å²) in [6.07, 6.45) is 4.69. The van der Waals surface area contributed by atoms with E-state index in [4.69, 9.17) is 4.74 Å². The fourth-order valence-corrected chi connectivity index (χ4v) is 4.56. The van der Waals surface area contributed by atoms with E-state index >= 15 is 0 Å². The monoisotopic (exact) mass is 374 g/mol. The van der Waals surface area contributed by atoms with Crippen LogP contribution in [0.2, 0.25) is 0 Å². The Balaban J connectivity index is 1.52. The van der Waals surface area contributed by atoms with E-state index in [0.29, 0.717) is 5.39 Å². The summed E-state index contributed by atoms with van der Waals surface area (Å²) in [6.45, 7) is -0.0476. The molecule has 1 N–H and O–H groups in total. The van der Waals surface area contributed by atoms with Crippen molar-refractivity contribution in [3.8, 4) is 5.75 Å². The highest BCUT2D eigenvalue weighted by molar-refractivity contribution is 7.18. The molecule has 0 fully saturated rings. The van der Waals surface area contributed by atoms with Crippen LogP contribution >= 0.6 is 11.3 Å². The zero-order valence-corrected chi connectivity index (χ0v) is 15.0. The van der Waals surface area contributed by atoms with E-state index in [9.17, 15) is 14.3 Å². The molecule has 0 saturated carbocycles. The van der Waals surface area contributed by atoms with Gasteiger partial charge in [-0.05, 0) is 43.4 Å². The SMILES string of the molecule is O=c1c2c3c(sc2ncn1CC(O)COc1ccccc1F)CCCC3. The summed E-state index contributed by atoms with van der Waals surface area (Å²) in [5.41, 5.74) is 1.000. The maximum Gasteiger partial charge on any atom is 0.262 e. The summed E-state index contributed by atoms with van der Waals surface area (Å²) in [6, 6.07) is 6.02. The molecule has 0 amide bonds. The number of fused-ring (bicyclic) bond motifs is 3. The molecule has 1 unspecified atom stereocenters. The first-order valence-corrected chi connectivity index (χ1v) is 9.50. The van der Waals surface area contributed by atoms with E-state index in [1.807, 2.05) is 0 Å². The van der Waals surface area contributed by atoms with Crippen molar-refractivity contribution in [2.45, 2.75) is 38.3 Å². The van der Waals surface area contributed by atoms with Crippen molar-refractivity contribution in [2.75, 3.05) is 6.61 Å². The molecular formula is C19H19FN2O3S. The van der Waals surface area contributed by atoms with Crippen LogP contribution < -0.4 is 10.3 Å². The Labute approximate surface area is 153 Å². The number of thiophene rings is 1. The number of aliphatic hydroxyl groups is 1. The molecule has 1 atom stereocenters. The van der Waals surface area contributed by atoms with Crippen molar-refractivity contribution in [3.63, 3.8) is 0 Å². The Morgan fingerprint density at radius 2 is 2.12 bits per heavy atom. The highest BCUT2D eigenvalue weighted by Crippen LogP contribution is 2.33. The number of hydrogen-bond acceptors (Lipinski definition) is 5. The number of hydrogen-bond donors (Lipinski definition) is 1. The molecule has 0 aliphatic heterocycles. The molecule has 1 aromatic carbocycles. The fourth-order valence-electron chi connectivity index (χ4n) is 3.34. The summed E-state index contributed by atoms with van der Waals surface area (Å²) in [5.74, 6) is -0.399. The maximum atomic E-state index is 13.6. The van der Waals surface area contributed by atoms with Crippen LogP contribution in [0.4, 0.5) is 4.39 Å². The number of aliphatic hydroxyl groups excluding tert-OH is 1. The molecule has 4 rings (SSSR count). The highest BCUT2D eigenvalue weighted by Gasteiger charge is 2.20. The average molecular weight is 374 g/mol. The van der Waals surface area contributed by atoms with E-state index in [2.05, 4.69) is 4.98 Å². The van der Waals surface area contributed by atoms with Crippen LogP contribution in [0.3, 0.4) is 0 Å². The summed E-state index contributed by atoms with van der Waals surface area (Å²) in [4.78, 5) is 19.3. The number of para-hydroxylation sites is 1. The van der Waals surface area contributed by atoms with Gasteiger partial charge in [-0.2, -0.15) is 0 Å². The lowest BCUT2D eigenvalue weighted by molar-refractivity contribution is 0.0895. The van der Waals surface area contributed by atoms with Crippen LogP contribution in [0.5, 0.6) is 5.75 Å². The maximum absolute atomic E-state index is 13.6. The first-order valence-electron chi connectivity index (χ1n) is 8.68. The molecule has 0 radical (unpaired) electrons. The minimum absolute atomic E-state index is 0.0564. The molecule has 0 spiro atoms. The van der Waals surface area contributed by atoms with E-state index in [0.717, 1.165) is 36.1 Å². The van der Waals surface area contributed by atoms with Gasteiger partial charge in [-0.25, -0.2) is 9.37 Å². The largest absolute Gasteiger partial charge is 0.488 e. The van der Waals surface area contributed by atoms with Gasteiger partial charge >= 0.3 is 0 Å². The number of aromatic nitrogens is 2. The third-order valence-electron chi connectivity index (χ3n) is 4.62. The molecule has 7 heteroatoms. The zero-order valence-electron chi connectivity index (χ0n) is 14.2. The van der Waals surface area contributed by atoms with Gasteiger partial charge in [0, 0.05) is 4.88 Å². The third-order valence-corrected chi connectivity index (χ3v) is 5.82. The van der Waals surface area contributed by atoms with Crippen LogP contribution in [0, 0.1) is 5.82 Å². The Morgan fingerprint density at radius 3 is 2.96 bits per heavy atom. The Morgan fingerprint density at radius 1 is 1.31 bits per heavy atom. The summed E-state index contributed by atoms with van der Waals surface area (Å²) < 4.78 is 20.3. The highest BCUT2D eigenvalue weighted by atomic mass is 32.1. The molecule has 1 aliphatic rings. The topological polar surface area (TPSA) is 64.4 Å². The predicted molar refractivity (Wildman–Crippen MR) is 98.4 cm³/mol. The number of aryl methyl sites for hydroxylation is 2. The molecular weight excluding hydrogens is 355 g/mol. The quantitative estimate of drug-likeness (QED) is 0.746. The summed E-state index contributed by atoms with van der Waals surface area (Å²) >= 11 is 1.60. The van der Waals surface area contributed by atoms with E-state index in [1.165, 1.54) is 27.9 Å². The lowest BCUT2D eigenvalue weighted by Gasteiger charge is -2.14. The molecule has 5 nitrogen and oxygen atoms in total. The predicted octanol–water partition coefficient (Wildman–Crippen LogP) is 2.92. The number of ether oxygens (including phenoxy) is 1. The van der Waals surface area contributed by atoms with Crippen LogP contribution in [0.25, 0.3) is 10.2 Å². The molecule has 2 heterocycles. The molecule has 136 valence electrons. The normalized spacial score (nSPS) is 15.0. The number of halogens is 1. The minimum Gasteiger partial charge on any atom is -0.488 e. The van der Waals surface area contributed by atoms with E-state index in [-0.39, 0.29) is 24.5 Å². The van der Waals surface area contributed by atoms with Crippen molar-refractivity contribution >= 4 is 21.6 Å². The van der Waals surface area contributed by atoms with Gasteiger partial charge in [0.1, 0.15) is 17.5 Å². The lowest BCUT2D eigenvalue weighted by Crippen LogP contribution is -2.30. The van der Waals surface area contributed by atoms with Gasteiger partial charge in [0.15, 0.2) is 11.6 Å². The second-order valence-electron chi connectivity index (χ2n) is 6.49. The van der Waals surface area contributed by atoms with Gasteiger partial charge in [-0.15, -0.1) is 11.3 Å².